The Morgan fingerprint density at radius 2 is 2.07 bits per heavy atom. The largest absolute Gasteiger partial charge is 0.457 e. The molecule has 136 valence electrons. The van der Waals surface area contributed by atoms with E-state index in [-0.39, 0.29) is 24.8 Å². The zero-order chi connectivity index (χ0) is 18.6. The highest BCUT2D eigenvalue weighted by Gasteiger charge is 2.20. The van der Waals surface area contributed by atoms with Crippen molar-refractivity contribution in [2.24, 2.45) is 0 Å². The van der Waals surface area contributed by atoms with Gasteiger partial charge in [0.2, 0.25) is 12.7 Å². The minimum Gasteiger partial charge on any atom is -0.457 e. The number of carbonyl (C=O) groups is 1. The van der Waals surface area contributed by atoms with Crippen molar-refractivity contribution in [1.82, 2.24) is 9.97 Å². The van der Waals surface area contributed by atoms with Crippen LogP contribution in [-0.2, 0) is 11.3 Å². The Bertz CT molecular complexity index is 981. The molecular weight excluding hydrogens is 372 g/mol. The smallest absolute Gasteiger partial charge is 0.344 e. The summed E-state index contributed by atoms with van der Waals surface area (Å²) in [6.45, 7) is 0.124. The van der Waals surface area contributed by atoms with Gasteiger partial charge in [-0.1, -0.05) is 11.6 Å². The minimum atomic E-state index is -0.573. The second kappa shape index (κ2) is 7.51. The highest BCUT2D eigenvalue weighted by Crippen LogP contribution is 2.40. The first kappa shape index (κ1) is 17.1. The highest BCUT2D eigenvalue weighted by atomic mass is 35.5. The van der Waals surface area contributed by atoms with Gasteiger partial charge in [-0.05, 0) is 42.0 Å². The van der Waals surface area contributed by atoms with E-state index in [2.05, 4.69) is 9.97 Å². The molecule has 2 aromatic heterocycles. The molecule has 0 atom stereocenters. The number of pyridine rings is 2. The molecule has 0 amide bonds. The zero-order valence-corrected chi connectivity index (χ0v) is 14.7. The molecule has 7 nitrogen and oxygen atoms in total. The summed E-state index contributed by atoms with van der Waals surface area (Å²) in [7, 11) is 0. The third-order valence-corrected chi connectivity index (χ3v) is 3.98. The molecule has 1 aliphatic rings. The highest BCUT2D eigenvalue weighted by molar-refractivity contribution is 6.32. The Hall–Kier alpha value is -3.32. The number of aromatic nitrogens is 2. The van der Waals surface area contributed by atoms with Gasteiger partial charge >= 0.3 is 5.97 Å². The molecule has 0 saturated carbocycles. The Morgan fingerprint density at radius 3 is 2.93 bits per heavy atom. The third-order valence-electron chi connectivity index (χ3n) is 3.70. The number of fused-ring (bicyclic) bond motifs is 1. The molecule has 1 aliphatic heterocycles. The molecule has 0 spiro atoms. The van der Waals surface area contributed by atoms with E-state index in [4.69, 9.17) is 30.5 Å². The predicted molar refractivity (Wildman–Crippen MR) is 95.2 cm³/mol. The van der Waals surface area contributed by atoms with Crippen molar-refractivity contribution < 1.29 is 23.7 Å². The minimum absolute atomic E-state index is 0.0103. The van der Waals surface area contributed by atoms with Crippen molar-refractivity contribution in [2.45, 2.75) is 6.61 Å². The van der Waals surface area contributed by atoms with E-state index >= 15 is 0 Å². The van der Waals surface area contributed by atoms with Crippen LogP contribution in [0.15, 0.2) is 55.0 Å². The summed E-state index contributed by atoms with van der Waals surface area (Å²) in [5, 5.41) is 0.401. The molecule has 0 N–H and O–H groups in total. The Morgan fingerprint density at radius 1 is 1.19 bits per heavy atom. The van der Waals surface area contributed by atoms with E-state index in [1.54, 1.807) is 42.6 Å². The fraction of sp³-hybridized carbons (Fsp3) is 0.105. The summed E-state index contributed by atoms with van der Waals surface area (Å²) in [6, 6.07) is 10.0. The number of esters is 1. The first-order chi connectivity index (χ1) is 13.2. The SMILES string of the molecule is O=C(OCc1cc(Cl)c2c(c1)OCO2)c1cccnc1Oc1cccnc1. The zero-order valence-electron chi connectivity index (χ0n) is 13.9. The fourth-order valence-corrected chi connectivity index (χ4v) is 2.77. The Kier molecular flexibility index (Phi) is 4.76. The third kappa shape index (κ3) is 3.78. The lowest BCUT2D eigenvalue weighted by atomic mass is 10.2. The lowest BCUT2D eigenvalue weighted by molar-refractivity contribution is 0.0468. The van der Waals surface area contributed by atoms with Crippen LogP contribution in [0.2, 0.25) is 5.02 Å². The van der Waals surface area contributed by atoms with E-state index < -0.39 is 5.97 Å². The van der Waals surface area contributed by atoms with Crippen LogP contribution in [0.25, 0.3) is 0 Å². The topological polar surface area (TPSA) is 79.8 Å². The maximum atomic E-state index is 12.5. The number of rotatable bonds is 5. The van der Waals surface area contributed by atoms with E-state index in [0.29, 0.717) is 27.8 Å². The number of halogens is 1. The van der Waals surface area contributed by atoms with E-state index in [9.17, 15) is 4.79 Å². The van der Waals surface area contributed by atoms with E-state index in [1.165, 1.54) is 12.4 Å². The van der Waals surface area contributed by atoms with Crippen LogP contribution in [0.5, 0.6) is 23.1 Å². The number of ether oxygens (including phenoxy) is 4. The fourth-order valence-electron chi connectivity index (χ4n) is 2.48. The Labute approximate surface area is 159 Å². The molecule has 0 aliphatic carbocycles. The van der Waals surface area contributed by atoms with Gasteiger partial charge in [0.15, 0.2) is 11.5 Å². The molecule has 0 bridgehead atoms. The molecule has 3 heterocycles. The normalized spacial score (nSPS) is 11.9. The average molecular weight is 385 g/mol. The number of hydrogen-bond donors (Lipinski definition) is 0. The van der Waals surface area contributed by atoms with Gasteiger partial charge in [0.05, 0.1) is 11.2 Å². The molecular formula is C19H13ClN2O5. The molecule has 0 unspecified atom stereocenters. The quantitative estimate of drug-likeness (QED) is 0.615. The van der Waals surface area contributed by atoms with Crippen LogP contribution >= 0.6 is 11.6 Å². The summed E-state index contributed by atoms with van der Waals surface area (Å²) < 4.78 is 21.6. The Balaban J connectivity index is 1.48. The van der Waals surface area contributed by atoms with Crippen LogP contribution in [-0.4, -0.2) is 22.7 Å². The molecule has 1 aromatic carbocycles. The number of carbonyl (C=O) groups excluding carboxylic acids is 1. The molecule has 4 rings (SSSR count). The molecule has 0 radical (unpaired) electrons. The molecule has 0 fully saturated rings. The first-order valence-electron chi connectivity index (χ1n) is 7.99. The van der Waals surface area contributed by atoms with Gasteiger partial charge in [0, 0.05) is 12.4 Å². The van der Waals surface area contributed by atoms with Gasteiger partial charge in [-0.2, -0.15) is 0 Å². The van der Waals surface area contributed by atoms with Crippen molar-refractivity contribution in [3.8, 4) is 23.1 Å². The summed E-state index contributed by atoms with van der Waals surface area (Å²) >= 11 is 6.14. The van der Waals surface area contributed by atoms with Crippen LogP contribution in [0, 0.1) is 0 Å². The summed E-state index contributed by atoms with van der Waals surface area (Å²) in [5.74, 6) is 1.05. The van der Waals surface area contributed by atoms with Gasteiger partial charge in [-0.15, -0.1) is 0 Å². The molecule has 8 heteroatoms. The average Bonchev–Trinajstić information content (AvgIpc) is 3.17. The summed E-state index contributed by atoms with van der Waals surface area (Å²) in [6.07, 6.45) is 4.68. The van der Waals surface area contributed by atoms with Crippen molar-refractivity contribution >= 4 is 17.6 Å². The van der Waals surface area contributed by atoms with Gasteiger partial charge in [0.25, 0.3) is 0 Å². The monoisotopic (exact) mass is 384 g/mol. The van der Waals surface area contributed by atoms with Gasteiger partial charge in [-0.25, -0.2) is 9.78 Å². The second-order valence-electron chi connectivity index (χ2n) is 5.53. The second-order valence-corrected chi connectivity index (χ2v) is 5.94. The van der Waals surface area contributed by atoms with Crippen molar-refractivity contribution in [2.75, 3.05) is 6.79 Å². The maximum Gasteiger partial charge on any atom is 0.344 e. The number of hydrogen-bond acceptors (Lipinski definition) is 7. The lowest BCUT2D eigenvalue weighted by Crippen LogP contribution is -2.08. The van der Waals surface area contributed by atoms with Crippen molar-refractivity contribution in [3.63, 3.8) is 0 Å². The van der Waals surface area contributed by atoms with Crippen LogP contribution in [0.4, 0.5) is 0 Å². The maximum absolute atomic E-state index is 12.5. The van der Waals surface area contributed by atoms with Gasteiger partial charge < -0.3 is 18.9 Å². The molecule has 0 saturated heterocycles. The number of nitrogens with zero attached hydrogens (tertiary/aromatic N) is 2. The predicted octanol–water partition coefficient (Wildman–Crippen LogP) is 4.01. The van der Waals surface area contributed by atoms with Crippen molar-refractivity contribution in [3.05, 3.63) is 71.1 Å². The molecule has 27 heavy (non-hydrogen) atoms. The van der Waals surface area contributed by atoms with Crippen LogP contribution in [0.3, 0.4) is 0 Å². The van der Waals surface area contributed by atoms with E-state index in [1.807, 2.05) is 0 Å². The number of benzene rings is 1. The lowest BCUT2D eigenvalue weighted by Gasteiger charge is -2.10. The first-order valence-corrected chi connectivity index (χ1v) is 8.36. The van der Waals surface area contributed by atoms with Gasteiger partial charge in [0.1, 0.15) is 17.9 Å². The van der Waals surface area contributed by atoms with Crippen LogP contribution in [0.1, 0.15) is 15.9 Å². The van der Waals surface area contributed by atoms with Crippen molar-refractivity contribution in [1.29, 1.82) is 0 Å². The standard InChI is InChI=1S/C19H13ClN2O5/c20-15-7-12(8-16-17(15)26-11-25-16)10-24-19(23)14-4-2-6-22-18(14)27-13-3-1-5-21-9-13/h1-9H,10-11H2. The molecule has 3 aromatic rings. The summed E-state index contributed by atoms with van der Waals surface area (Å²) in [5.41, 5.74) is 0.879. The van der Waals surface area contributed by atoms with E-state index in [0.717, 1.165) is 0 Å². The van der Waals surface area contributed by atoms with Crippen LogP contribution < -0.4 is 14.2 Å². The van der Waals surface area contributed by atoms with Gasteiger partial charge in [-0.3, -0.25) is 4.98 Å². The summed E-state index contributed by atoms with van der Waals surface area (Å²) in [4.78, 5) is 20.6.